The Labute approximate surface area is 203 Å². The molecular formula is C25H27N5O4S. The summed E-state index contributed by atoms with van der Waals surface area (Å²) in [5.41, 5.74) is 6.67. The van der Waals surface area contributed by atoms with Gasteiger partial charge >= 0.3 is 0 Å². The fourth-order valence-electron chi connectivity index (χ4n) is 4.41. The van der Waals surface area contributed by atoms with Gasteiger partial charge in [-0.05, 0) is 37.3 Å². The molecule has 1 aliphatic rings. The zero-order chi connectivity index (χ0) is 24.6. The molecule has 0 spiro atoms. The highest BCUT2D eigenvalue weighted by molar-refractivity contribution is 7.85. The van der Waals surface area contributed by atoms with Crippen molar-refractivity contribution in [3.8, 4) is 11.5 Å². The first-order valence-electron chi connectivity index (χ1n) is 11.9. The maximum Gasteiger partial charge on any atom is 0.264 e. The van der Waals surface area contributed by atoms with E-state index in [-0.39, 0.29) is 12.2 Å². The van der Waals surface area contributed by atoms with Crippen LogP contribution in [0.5, 0.6) is 11.5 Å². The van der Waals surface area contributed by atoms with Gasteiger partial charge in [-0.1, -0.05) is 38.8 Å². The van der Waals surface area contributed by atoms with Gasteiger partial charge in [0.2, 0.25) is 0 Å². The van der Waals surface area contributed by atoms with Gasteiger partial charge in [0.1, 0.15) is 27.8 Å². The molecule has 0 atom stereocenters. The molecule has 0 amide bonds. The number of para-hydroxylation sites is 1. The highest BCUT2D eigenvalue weighted by atomic mass is 32.2. The largest absolute Gasteiger partial charge is 0.450 e. The van der Waals surface area contributed by atoms with Crippen molar-refractivity contribution in [2.75, 3.05) is 11.1 Å². The van der Waals surface area contributed by atoms with Gasteiger partial charge in [0, 0.05) is 12.4 Å². The number of fused-ring (bicyclic) bond motifs is 7. The molecule has 182 valence electrons. The van der Waals surface area contributed by atoms with Crippen LogP contribution in [0.2, 0.25) is 0 Å². The van der Waals surface area contributed by atoms with Crippen molar-refractivity contribution >= 4 is 43.6 Å². The highest BCUT2D eigenvalue weighted by Gasteiger charge is 2.27. The molecule has 0 aliphatic carbocycles. The first kappa shape index (κ1) is 23.4. The third-order valence-corrected chi connectivity index (χ3v) is 6.77. The number of ether oxygens (including phenoxy) is 1. The minimum atomic E-state index is -4.02. The third kappa shape index (κ3) is 4.63. The average Bonchev–Trinajstić information content (AvgIpc) is 2.83. The number of aromatic nitrogens is 4. The van der Waals surface area contributed by atoms with Crippen molar-refractivity contribution in [1.29, 1.82) is 0 Å². The molecule has 2 aromatic heterocycles. The van der Waals surface area contributed by atoms with Crippen LogP contribution < -0.4 is 10.1 Å². The van der Waals surface area contributed by atoms with E-state index < -0.39 is 10.1 Å². The smallest absolute Gasteiger partial charge is 0.264 e. The van der Waals surface area contributed by atoms with Crippen molar-refractivity contribution in [3.63, 3.8) is 0 Å². The summed E-state index contributed by atoms with van der Waals surface area (Å²) in [5, 5.41) is 3.45. The summed E-state index contributed by atoms with van der Waals surface area (Å²) in [4.78, 5) is 19.3. The van der Waals surface area contributed by atoms with E-state index in [4.69, 9.17) is 29.2 Å². The van der Waals surface area contributed by atoms with Gasteiger partial charge < -0.3 is 10.1 Å². The molecule has 4 aromatic rings. The Morgan fingerprint density at radius 1 is 0.886 bits per heavy atom. The summed E-state index contributed by atoms with van der Waals surface area (Å²) in [6, 6.07) is 5.67. The zero-order valence-corrected chi connectivity index (χ0v) is 20.5. The number of nitrogens with zero attached hydrogens (tertiary/aromatic N) is 4. The summed E-state index contributed by atoms with van der Waals surface area (Å²) in [7, 11) is -4.02. The standard InChI is InChI=1S/C25H27N5O4S/c1-3-7-16-13-26-19-20(28-16)21-22(27-14-17(29-21)8-4-2)25-23(19)30-18-11-5-9-15(24(18)34-25)10-6-12-35(31,32)33/h5,9,11,13-14,30H,3-4,6-8,10,12H2,1-2H3,(H,31,32,33). The topological polar surface area (TPSA) is 127 Å². The molecular weight excluding hydrogens is 466 g/mol. The zero-order valence-electron chi connectivity index (χ0n) is 19.7. The molecule has 3 heterocycles. The van der Waals surface area contributed by atoms with E-state index in [1.54, 1.807) is 12.4 Å². The molecule has 2 N–H and O–H groups in total. The number of rotatable bonds is 8. The van der Waals surface area contributed by atoms with E-state index in [1.165, 1.54) is 0 Å². The third-order valence-electron chi connectivity index (χ3n) is 5.97. The fourth-order valence-corrected chi connectivity index (χ4v) is 4.92. The monoisotopic (exact) mass is 493 g/mol. The van der Waals surface area contributed by atoms with E-state index in [9.17, 15) is 8.42 Å². The molecule has 0 unspecified atom stereocenters. The van der Waals surface area contributed by atoms with Crippen LogP contribution in [0.25, 0.3) is 22.1 Å². The number of nitrogens with one attached hydrogen (secondary N) is 1. The average molecular weight is 494 g/mol. The lowest BCUT2D eigenvalue weighted by atomic mass is 10.0. The molecule has 0 radical (unpaired) electrons. The second-order valence-corrected chi connectivity index (χ2v) is 10.3. The highest BCUT2D eigenvalue weighted by Crippen LogP contribution is 2.49. The Morgan fingerprint density at radius 3 is 2.20 bits per heavy atom. The lowest BCUT2D eigenvalue weighted by molar-refractivity contribution is 0.474. The van der Waals surface area contributed by atoms with E-state index in [0.29, 0.717) is 45.7 Å². The molecule has 0 saturated carbocycles. The second kappa shape index (κ2) is 9.35. The van der Waals surface area contributed by atoms with Crippen LogP contribution >= 0.6 is 0 Å². The van der Waals surface area contributed by atoms with Crippen molar-refractivity contribution in [3.05, 3.63) is 47.5 Å². The molecule has 1 aliphatic heterocycles. The van der Waals surface area contributed by atoms with Crippen LogP contribution in [0, 0.1) is 0 Å². The molecule has 35 heavy (non-hydrogen) atoms. The predicted molar refractivity (Wildman–Crippen MR) is 135 cm³/mol. The maximum atomic E-state index is 11.2. The first-order chi connectivity index (χ1) is 16.9. The number of hydrogen-bond donors (Lipinski definition) is 2. The van der Waals surface area contributed by atoms with Crippen LogP contribution in [0.15, 0.2) is 30.6 Å². The van der Waals surface area contributed by atoms with Crippen molar-refractivity contribution < 1.29 is 17.7 Å². The Hall–Kier alpha value is -3.37. The van der Waals surface area contributed by atoms with Crippen LogP contribution in [0.4, 0.5) is 11.4 Å². The van der Waals surface area contributed by atoms with Gasteiger partial charge in [-0.15, -0.1) is 0 Å². The van der Waals surface area contributed by atoms with Gasteiger partial charge in [0.15, 0.2) is 11.5 Å². The van der Waals surface area contributed by atoms with E-state index >= 15 is 0 Å². The molecule has 0 bridgehead atoms. The first-order valence-corrected chi connectivity index (χ1v) is 13.5. The molecule has 9 nitrogen and oxygen atoms in total. The SMILES string of the molecule is CCCc1cnc2c3c(c4ncc(CCC)nc4c2n1)Oc1c(CCCS(=O)(=O)O)cccc1N3. The summed E-state index contributed by atoms with van der Waals surface area (Å²) in [6.45, 7) is 4.21. The van der Waals surface area contributed by atoms with E-state index in [1.807, 2.05) is 18.2 Å². The molecule has 5 rings (SSSR count). The van der Waals surface area contributed by atoms with Crippen LogP contribution in [0.3, 0.4) is 0 Å². The molecule has 2 aromatic carbocycles. The quantitative estimate of drug-likeness (QED) is 0.223. The van der Waals surface area contributed by atoms with Crippen LogP contribution in [0.1, 0.15) is 50.1 Å². The van der Waals surface area contributed by atoms with Gasteiger partial charge in [0.25, 0.3) is 10.1 Å². The number of benzene rings is 2. The normalized spacial score (nSPS) is 12.8. The lowest BCUT2D eigenvalue weighted by Crippen LogP contribution is -2.10. The minimum absolute atomic E-state index is 0.274. The van der Waals surface area contributed by atoms with Gasteiger partial charge in [0.05, 0.1) is 22.8 Å². The Morgan fingerprint density at radius 2 is 1.54 bits per heavy atom. The van der Waals surface area contributed by atoms with Crippen LogP contribution in [-0.4, -0.2) is 38.7 Å². The molecule has 0 saturated heterocycles. The van der Waals surface area contributed by atoms with E-state index in [2.05, 4.69) is 19.2 Å². The van der Waals surface area contributed by atoms with Crippen molar-refractivity contribution in [2.24, 2.45) is 0 Å². The second-order valence-electron chi connectivity index (χ2n) is 8.73. The summed E-state index contributed by atoms with van der Waals surface area (Å²) in [6.07, 6.45) is 7.82. The lowest BCUT2D eigenvalue weighted by Gasteiger charge is -2.25. The van der Waals surface area contributed by atoms with E-state index in [0.717, 1.165) is 48.3 Å². The Bertz CT molecular complexity index is 1540. The van der Waals surface area contributed by atoms with Gasteiger partial charge in [-0.3, -0.25) is 9.54 Å². The van der Waals surface area contributed by atoms with Crippen molar-refractivity contribution in [1.82, 2.24) is 19.9 Å². The number of aryl methyl sites for hydroxylation is 3. The minimum Gasteiger partial charge on any atom is -0.450 e. The number of anilines is 2. The van der Waals surface area contributed by atoms with Crippen molar-refractivity contribution in [2.45, 2.75) is 52.4 Å². The fraction of sp³-hybridized carbons (Fsp3) is 0.360. The predicted octanol–water partition coefficient (Wildman–Crippen LogP) is 5.15. The molecule has 0 fully saturated rings. The summed E-state index contributed by atoms with van der Waals surface area (Å²) >= 11 is 0. The number of hydrogen-bond acceptors (Lipinski definition) is 8. The Balaban J connectivity index is 1.65. The molecule has 10 heteroatoms. The summed E-state index contributed by atoms with van der Waals surface area (Å²) in [5.74, 6) is 0.816. The van der Waals surface area contributed by atoms with Gasteiger partial charge in [-0.2, -0.15) is 8.42 Å². The summed E-state index contributed by atoms with van der Waals surface area (Å²) < 4.78 is 37.9. The maximum absolute atomic E-state index is 11.2. The van der Waals surface area contributed by atoms with Gasteiger partial charge in [-0.25, -0.2) is 15.0 Å². The Kier molecular flexibility index (Phi) is 6.24. The van der Waals surface area contributed by atoms with Crippen LogP contribution in [-0.2, 0) is 29.4 Å².